The van der Waals surface area contributed by atoms with Gasteiger partial charge in [0.2, 0.25) is 0 Å². The molecule has 1 saturated heterocycles. The minimum absolute atomic E-state index is 0.0679. The van der Waals surface area contributed by atoms with E-state index in [1.165, 1.54) is 0 Å². The molecule has 108 valence electrons. The Morgan fingerprint density at radius 2 is 2.21 bits per heavy atom. The lowest BCUT2D eigenvalue weighted by atomic mass is 9.64. The third kappa shape index (κ3) is 2.79. The van der Waals surface area contributed by atoms with Crippen molar-refractivity contribution >= 4 is 5.97 Å². The first-order valence-electron chi connectivity index (χ1n) is 7.58. The van der Waals surface area contributed by atoms with E-state index in [9.17, 15) is 9.90 Å². The Balaban J connectivity index is 1.71. The summed E-state index contributed by atoms with van der Waals surface area (Å²) in [6, 6.07) is 0.299. The molecule has 0 aromatic heterocycles. The van der Waals surface area contributed by atoms with Gasteiger partial charge in [-0.15, -0.1) is 0 Å². The van der Waals surface area contributed by atoms with Crippen molar-refractivity contribution in [1.82, 2.24) is 5.32 Å². The van der Waals surface area contributed by atoms with Crippen molar-refractivity contribution in [3.63, 3.8) is 0 Å². The topological polar surface area (TPSA) is 68.5 Å². The second-order valence-corrected chi connectivity index (χ2v) is 7.25. The van der Waals surface area contributed by atoms with Crippen molar-refractivity contribution in [2.24, 2.45) is 11.8 Å². The Hall–Kier alpha value is -0.610. The molecule has 2 aliphatic carbocycles. The summed E-state index contributed by atoms with van der Waals surface area (Å²) in [6.07, 6.45) is 5.59. The molecule has 4 nitrogen and oxygen atoms in total. The number of fused-ring (bicyclic) bond motifs is 2. The molecule has 1 aliphatic heterocycles. The molecule has 0 aromatic rings. The predicted octanol–water partition coefficient (Wildman–Crippen LogP) is 1.61. The molecule has 2 bridgehead atoms. The Morgan fingerprint density at radius 3 is 2.89 bits per heavy atom. The van der Waals surface area contributed by atoms with Crippen LogP contribution in [0.1, 0.15) is 52.4 Å². The van der Waals surface area contributed by atoms with Crippen LogP contribution < -0.4 is 5.32 Å². The van der Waals surface area contributed by atoms with Crippen molar-refractivity contribution in [1.29, 1.82) is 0 Å². The lowest BCUT2D eigenvalue weighted by molar-refractivity contribution is -0.189. The Bertz CT molecular complexity index is 378. The van der Waals surface area contributed by atoms with E-state index in [0.717, 1.165) is 38.6 Å². The van der Waals surface area contributed by atoms with Gasteiger partial charge >= 0.3 is 5.97 Å². The van der Waals surface area contributed by atoms with Gasteiger partial charge in [-0.3, -0.25) is 4.79 Å². The highest BCUT2D eigenvalue weighted by Gasteiger charge is 2.50. The summed E-state index contributed by atoms with van der Waals surface area (Å²) in [5, 5.41) is 13.6. The average Bonchev–Trinajstić information content (AvgIpc) is 3.08. The molecule has 0 spiro atoms. The molecule has 0 aromatic carbocycles. The number of aliphatic hydroxyl groups is 1. The molecular formula is C15H25NO3. The van der Waals surface area contributed by atoms with Crippen LogP contribution in [0.5, 0.6) is 0 Å². The molecule has 3 unspecified atom stereocenters. The van der Waals surface area contributed by atoms with Crippen molar-refractivity contribution in [2.45, 2.75) is 69.6 Å². The van der Waals surface area contributed by atoms with Crippen LogP contribution in [0.4, 0.5) is 0 Å². The molecule has 3 fully saturated rings. The van der Waals surface area contributed by atoms with Crippen LogP contribution in [-0.2, 0) is 9.53 Å². The summed E-state index contributed by atoms with van der Waals surface area (Å²) in [5.74, 6) is 0.356. The molecule has 2 N–H and O–H groups in total. The summed E-state index contributed by atoms with van der Waals surface area (Å²) in [7, 11) is 0. The minimum atomic E-state index is -0.676. The van der Waals surface area contributed by atoms with Gasteiger partial charge in [0.05, 0.1) is 11.5 Å². The third-order valence-electron chi connectivity index (χ3n) is 5.07. The van der Waals surface area contributed by atoms with E-state index >= 15 is 0 Å². The molecule has 2 saturated carbocycles. The lowest BCUT2D eigenvalue weighted by Gasteiger charge is -2.50. The van der Waals surface area contributed by atoms with Crippen LogP contribution >= 0.6 is 0 Å². The smallest absolute Gasteiger partial charge is 0.310 e. The zero-order valence-corrected chi connectivity index (χ0v) is 11.9. The number of ether oxygens (including phenoxy) is 1. The van der Waals surface area contributed by atoms with Gasteiger partial charge in [0.25, 0.3) is 0 Å². The number of esters is 1. The van der Waals surface area contributed by atoms with Crippen molar-refractivity contribution in [3.05, 3.63) is 0 Å². The quantitative estimate of drug-likeness (QED) is 0.602. The maximum atomic E-state index is 12.3. The van der Waals surface area contributed by atoms with Crippen LogP contribution in [-0.4, -0.2) is 34.9 Å². The van der Waals surface area contributed by atoms with Gasteiger partial charge in [-0.1, -0.05) is 13.3 Å². The van der Waals surface area contributed by atoms with Gasteiger partial charge in [-0.05, 0) is 38.5 Å². The van der Waals surface area contributed by atoms with Gasteiger partial charge in [0.1, 0.15) is 5.60 Å². The third-order valence-corrected chi connectivity index (χ3v) is 5.07. The molecule has 3 aliphatic rings. The number of carbonyl (C=O) groups is 1. The summed E-state index contributed by atoms with van der Waals surface area (Å²) in [4.78, 5) is 12.3. The van der Waals surface area contributed by atoms with Crippen LogP contribution in [0, 0.1) is 11.8 Å². The normalized spacial score (nSPS) is 46.5. The lowest BCUT2D eigenvalue weighted by Crippen LogP contribution is -2.52. The highest BCUT2D eigenvalue weighted by Crippen LogP contribution is 2.49. The summed E-state index contributed by atoms with van der Waals surface area (Å²) in [6.45, 7) is 4.74. The van der Waals surface area contributed by atoms with Crippen molar-refractivity contribution in [2.75, 3.05) is 6.54 Å². The maximum absolute atomic E-state index is 12.3. The first-order chi connectivity index (χ1) is 8.89. The second-order valence-electron chi connectivity index (χ2n) is 7.25. The Morgan fingerprint density at radius 1 is 1.47 bits per heavy atom. The zero-order valence-electron chi connectivity index (χ0n) is 11.9. The number of rotatable bonds is 3. The number of hydrogen-bond acceptors (Lipinski definition) is 4. The van der Waals surface area contributed by atoms with Crippen LogP contribution in [0.25, 0.3) is 0 Å². The van der Waals surface area contributed by atoms with Gasteiger partial charge in [-0.25, -0.2) is 0 Å². The summed E-state index contributed by atoms with van der Waals surface area (Å²) < 4.78 is 5.91. The van der Waals surface area contributed by atoms with Gasteiger partial charge in [-0.2, -0.15) is 0 Å². The van der Waals surface area contributed by atoms with Gasteiger partial charge in [0, 0.05) is 19.0 Å². The van der Waals surface area contributed by atoms with Gasteiger partial charge in [0.15, 0.2) is 0 Å². The average molecular weight is 267 g/mol. The van der Waals surface area contributed by atoms with E-state index in [1.54, 1.807) is 0 Å². The fourth-order valence-corrected chi connectivity index (χ4v) is 4.19. The standard InChI is InChI=1S/C15H25NO3/c1-10(12-8-16-12)13(17)19-15-5-3-4-11(7-15)6-14(2,18)9-15/h10-12,16,18H,3-9H2,1-2H3/t10?,11?,12?,14-,15-/m1/s1. The summed E-state index contributed by atoms with van der Waals surface area (Å²) >= 11 is 0. The molecule has 1 heterocycles. The molecular weight excluding hydrogens is 242 g/mol. The van der Waals surface area contributed by atoms with Crippen molar-refractivity contribution < 1.29 is 14.6 Å². The van der Waals surface area contributed by atoms with E-state index < -0.39 is 11.2 Å². The van der Waals surface area contributed by atoms with E-state index in [2.05, 4.69) is 5.32 Å². The molecule has 4 heteroatoms. The van der Waals surface area contributed by atoms with Gasteiger partial charge < -0.3 is 15.2 Å². The monoisotopic (exact) mass is 267 g/mol. The fourth-order valence-electron chi connectivity index (χ4n) is 4.19. The van der Waals surface area contributed by atoms with Crippen LogP contribution in [0.3, 0.4) is 0 Å². The fraction of sp³-hybridized carbons (Fsp3) is 0.933. The Labute approximate surface area is 114 Å². The minimum Gasteiger partial charge on any atom is -0.459 e. The highest BCUT2D eigenvalue weighted by atomic mass is 16.6. The second kappa shape index (κ2) is 4.45. The molecule has 3 rings (SSSR count). The first kappa shape index (κ1) is 13.4. The predicted molar refractivity (Wildman–Crippen MR) is 71.6 cm³/mol. The van der Waals surface area contributed by atoms with E-state index in [1.807, 2.05) is 13.8 Å². The molecule has 19 heavy (non-hydrogen) atoms. The molecule has 5 atom stereocenters. The maximum Gasteiger partial charge on any atom is 0.310 e. The number of nitrogens with one attached hydrogen (secondary N) is 1. The van der Waals surface area contributed by atoms with Crippen LogP contribution in [0.2, 0.25) is 0 Å². The first-order valence-corrected chi connectivity index (χ1v) is 7.58. The largest absolute Gasteiger partial charge is 0.459 e. The van der Waals surface area contributed by atoms with Crippen LogP contribution in [0.15, 0.2) is 0 Å². The Kier molecular flexibility index (Phi) is 3.13. The SMILES string of the molecule is CC(C(=O)O[C@@]12CCCC(C[C@@](C)(O)C1)C2)C1CN1. The van der Waals surface area contributed by atoms with E-state index in [4.69, 9.17) is 4.74 Å². The number of carbonyl (C=O) groups excluding carboxylic acids is 1. The highest BCUT2D eigenvalue weighted by molar-refractivity contribution is 5.74. The van der Waals surface area contributed by atoms with E-state index in [-0.39, 0.29) is 11.9 Å². The zero-order chi connectivity index (χ0) is 13.7. The summed E-state index contributed by atoms with van der Waals surface area (Å²) in [5.41, 5.74) is -1.07. The molecule has 0 amide bonds. The molecule has 0 radical (unpaired) electrons. The van der Waals surface area contributed by atoms with Crippen molar-refractivity contribution in [3.8, 4) is 0 Å². The van der Waals surface area contributed by atoms with E-state index in [0.29, 0.717) is 18.4 Å². The number of hydrogen-bond donors (Lipinski definition) is 2.